The van der Waals surface area contributed by atoms with E-state index in [1.165, 1.54) is 5.56 Å². The fourth-order valence-corrected chi connectivity index (χ4v) is 6.06. The summed E-state index contributed by atoms with van der Waals surface area (Å²) in [6.45, 7) is 2.86. The minimum absolute atomic E-state index is 0.00509. The molecule has 2 heterocycles. The summed E-state index contributed by atoms with van der Waals surface area (Å²) in [6, 6.07) is 18.0. The molecular weight excluding hydrogens is 372 g/mol. The van der Waals surface area contributed by atoms with E-state index in [9.17, 15) is 13.2 Å². The van der Waals surface area contributed by atoms with E-state index in [2.05, 4.69) is 24.0 Å². The highest BCUT2D eigenvalue weighted by atomic mass is 32.2. The third-order valence-electron chi connectivity index (χ3n) is 5.82. The minimum atomic E-state index is -3.06. The van der Waals surface area contributed by atoms with Crippen LogP contribution in [0.5, 0.6) is 0 Å². The molecule has 0 saturated carbocycles. The number of carbonyl (C=O) groups is 1. The second-order valence-corrected chi connectivity index (χ2v) is 10.1. The Morgan fingerprint density at radius 3 is 2.54 bits per heavy atom. The highest BCUT2D eigenvalue weighted by molar-refractivity contribution is 7.91. The first-order valence-corrected chi connectivity index (χ1v) is 11.6. The molecular formula is C22H26N2O3S. The molecule has 0 aromatic heterocycles. The van der Waals surface area contributed by atoms with Crippen LogP contribution in [0.2, 0.25) is 0 Å². The van der Waals surface area contributed by atoms with Gasteiger partial charge < -0.3 is 9.80 Å². The molecule has 148 valence electrons. The van der Waals surface area contributed by atoms with E-state index in [1.54, 1.807) is 4.90 Å². The third-order valence-corrected chi connectivity index (χ3v) is 7.57. The maximum absolute atomic E-state index is 13.3. The minimum Gasteiger partial charge on any atom is -0.359 e. The standard InChI is InChI=1S/C22H26N2O3S/c1-17-13-19-9-5-6-10-21(19)23(17)15-22(25)24(14-18-7-3-2-4-8-18)20-11-12-28(26,27)16-20/h2-10,17,20H,11-16H2,1H3/t17-,20+/m1/s1. The summed E-state index contributed by atoms with van der Waals surface area (Å²) in [5.74, 6) is 0.228. The number of hydrogen-bond acceptors (Lipinski definition) is 4. The van der Waals surface area contributed by atoms with Gasteiger partial charge in [0.1, 0.15) is 0 Å². The van der Waals surface area contributed by atoms with E-state index in [-0.39, 0.29) is 36.0 Å². The topological polar surface area (TPSA) is 57.7 Å². The smallest absolute Gasteiger partial charge is 0.242 e. The van der Waals surface area contributed by atoms with Crippen molar-refractivity contribution >= 4 is 21.4 Å². The van der Waals surface area contributed by atoms with Crippen LogP contribution in [0.25, 0.3) is 0 Å². The molecule has 1 amide bonds. The van der Waals surface area contributed by atoms with Gasteiger partial charge in [0.2, 0.25) is 5.91 Å². The van der Waals surface area contributed by atoms with Gasteiger partial charge in [-0.25, -0.2) is 8.42 Å². The molecule has 0 bridgehead atoms. The summed E-state index contributed by atoms with van der Waals surface area (Å²) in [6.07, 6.45) is 1.45. The molecule has 2 aliphatic rings. The van der Waals surface area contributed by atoms with Crippen LogP contribution in [-0.2, 0) is 27.6 Å². The maximum Gasteiger partial charge on any atom is 0.242 e. The van der Waals surface area contributed by atoms with Gasteiger partial charge in [0, 0.05) is 24.3 Å². The fraction of sp³-hybridized carbons (Fsp3) is 0.409. The van der Waals surface area contributed by atoms with Crippen LogP contribution < -0.4 is 4.90 Å². The molecule has 1 fully saturated rings. The van der Waals surface area contributed by atoms with Crippen LogP contribution in [0.3, 0.4) is 0 Å². The molecule has 6 heteroatoms. The third kappa shape index (κ3) is 3.92. The molecule has 4 rings (SSSR count). The number of amides is 1. The largest absolute Gasteiger partial charge is 0.359 e. The highest BCUT2D eigenvalue weighted by Gasteiger charge is 2.36. The Morgan fingerprint density at radius 1 is 1.11 bits per heavy atom. The number of nitrogens with zero attached hydrogens (tertiary/aromatic N) is 2. The summed E-state index contributed by atoms with van der Waals surface area (Å²) in [5.41, 5.74) is 3.40. The number of sulfone groups is 1. The van der Waals surface area contributed by atoms with Gasteiger partial charge in [0.25, 0.3) is 0 Å². The first-order chi connectivity index (χ1) is 13.4. The Bertz CT molecular complexity index is 959. The monoisotopic (exact) mass is 398 g/mol. The van der Waals surface area contributed by atoms with Crippen molar-refractivity contribution in [3.05, 3.63) is 65.7 Å². The number of fused-ring (bicyclic) bond motifs is 1. The van der Waals surface area contributed by atoms with Gasteiger partial charge in [-0.2, -0.15) is 0 Å². The molecule has 0 N–H and O–H groups in total. The van der Waals surface area contributed by atoms with E-state index in [1.807, 2.05) is 42.5 Å². The Kier molecular flexibility index (Phi) is 5.15. The second kappa shape index (κ2) is 7.59. The van der Waals surface area contributed by atoms with E-state index in [0.717, 1.165) is 17.7 Å². The summed E-state index contributed by atoms with van der Waals surface area (Å²) < 4.78 is 24.1. The van der Waals surface area contributed by atoms with Crippen molar-refractivity contribution in [2.24, 2.45) is 0 Å². The van der Waals surface area contributed by atoms with Gasteiger partial charge >= 0.3 is 0 Å². The van der Waals surface area contributed by atoms with Crippen molar-refractivity contribution in [3.8, 4) is 0 Å². The lowest BCUT2D eigenvalue weighted by atomic mass is 10.1. The van der Waals surface area contributed by atoms with Gasteiger partial charge in [-0.3, -0.25) is 4.79 Å². The van der Waals surface area contributed by atoms with E-state index in [4.69, 9.17) is 0 Å². The summed E-state index contributed by atoms with van der Waals surface area (Å²) in [5, 5.41) is 0. The first kappa shape index (κ1) is 19.0. The average Bonchev–Trinajstić information content (AvgIpc) is 3.19. The van der Waals surface area contributed by atoms with E-state index >= 15 is 0 Å². The SMILES string of the molecule is C[C@@H]1Cc2ccccc2N1CC(=O)N(Cc1ccccc1)[C@H]1CCS(=O)(=O)C1. The van der Waals surface area contributed by atoms with Crippen molar-refractivity contribution < 1.29 is 13.2 Å². The highest BCUT2D eigenvalue weighted by Crippen LogP contribution is 2.32. The summed E-state index contributed by atoms with van der Waals surface area (Å²) in [4.78, 5) is 17.3. The van der Waals surface area contributed by atoms with Crippen LogP contribution >= 0.6 is 0 Å². The number of anilines is 1. The van der Waals surface area contributed by atoms with Gasteiger partial charge in [-0.05, 0) is 37.0 Å². The van der Waals surface area contributed by atoms with Crippen molar-refractivity contribution in [1.29, 1.82) is 0 Å². The van der Waals surface area contributed by atoms with E-state index in [0.29, 0.717) is 13.0 Å². The maximum atomic E-state index is 13.3. The van der Waals surface area contributed by atoms with Gasteiger partial charge in [-0.1, -0.05) is 48.5 Å². The quantitative estimate of drug-likeness (QED) is 0.777. The zero-order valence-electron chi connectivity index (χ0n) is 16.1. The van der Waals surface area contributed by atoms with Crippen molar-refractivity contribution in [2.45, 2.75) is 38.4 Å². The first-order valence-electron chi connectivity index (χ1n) is 9.81. The summed E-state index contributed by atoms with van der Waals surface area (Å²) in [7, 11) is -3.06. The number of carbonyl (C=O) groups excluding carboxylic acids is 1. The van der Waals surface area contributed by atoms with Gasteiger partial charge in [-0.15, -0.1) is 0 Å². The van der Waals surface area contributed by atoms with Crippen LogP contribution in [0.1, 0.15) is 24.5 Å². The van der Waals surface area contributed by atoms with Crippen LogP contribution in [0.15, 0.2) is 54.6 Å². The molecule has 0 unspecified atom stereocenters. The molecule has 0 spiro atoms. The Hall–Kier alpha value is -2.34. The van der Waals surface area contributed by atoms with Crippen molar-refractivity contribution in [2.75, 3.05) is 23.0 Å². The Morgan fingerprint density at radius 2 is 1.82 bits per heavy atom. The molecule has 2 aromatic rings. The lowest BCUT2D eigenvalue weighted by Gasteiger charge is -2.32. The lowest BCUT2D eigenvalue weighted by molar-refractivity contribution is -0.132. The fourth-order valence-electron chi connectivity index (χ4n) is 4.33. The zero-order valence-corrected chi connectivity index (χ0v) is 16.9. The molecule has 1 saturated heterocycles. The van der Waals surface area contributed by atoms with Crippen LogP contribution in [-0.4, -0.2) is 49.4 Å². The van der Waals surface area contributed by atoms with E-state index < -0.39 is 9.84 Å². The number of hydrogen-bond donors (Lipinski definition) is 0. The molecule has 2 aliphatic heterocycles. The predicted octanol–water partition coefficient (Wildman–Crippen LogP) is 2.65. The summed E-state index contributed by atoms with van der Waals surface area (Å²) >= 11 is 0. The van der Waals surface area contributed by atoms with Gasteiger partial charge in [0.15, 0.2) is 9.84 Å². The molecule has 0 aliphatic carbocycles. The predicted molar refractivity (Wildman–Crippen MR) is 111 cm³/mol. The second-order valence-electron chi connectivity index (χ2n) is 7.87. The van der Waals surface area contributed by atoms with Crippen molar-refractivity contribution in [3.63, 3.8) is 0 Å². The zero-order chi connectivity index (χ0) is 19.7. The normalized spacial score (nSPS) is 22.8. The Balaban J connectivity index is 1.56. The number of benzene rings is 2. The lowest BCUT2D eigenvalue weighted by Crippen LogP contribution is -2.47. The number of rotatable bonds is 5. The molecule has 0 radical (unpaired) electrons. The van der Waals surface area contributed by atoms with Crippen molar-refractivity contribution in [1.82, 2.24) is 4.90 Å². The molecule has 5 nitrogen and oxygen atoms in total. The molecule has 2 aromatic carbocycles. The number of para-hydroxylation sites is 1. The van der Waals surface area contributed by atoms with Crippen LogP contribution in [0, 0.1) is 0 Å². The van der Waals surface area contributed by atoms with Crippen LogP contribution in [0.4, 0.5) is 5.69 Å². The average molecular weight is 399 g/mol. The van der Waals surface area contributed by atoms with Gasteiger partial charge in [0.05, 0.1) is 18.1 Å². The Labute approximate surface area is 166 Å². The molecule has 28 heavy (non-hydrogen) atoms. The molecule has 2 atom stereocenters.